The molecule has 24 heavy (non-hydrogen) atoms. The van der Waals surface area contributed by atoms with Crippen LogP contribution >= 0.6 is 0 Å². The molecule has 3 N–H and O–H groups in total. The summed E-state index contributed by atoms with van der Waals surface area (Å²) in [7, 11) is 3.40. The van der Waals surface area contributed by atoms with Gasteiger partial charge < -0.3 is 25.4 Å². The van der Waals surface area contributed by atoms with Crippen LogP contribution in [0.4, 0.5) is 0 Å². The van der Waals surface area contributed by atoms with E-state index in [1.165, 1.54) is 4.90 Å². The minimum absolute atomic E-state index is 0.0187. The lowest BCUT2D eigenvalue weighted by Crippen LogP contribution is -2.37. The normalized spacial score (nSPS) is 17.6. The molecule has 0 bridgehead atoms. The molecule has 1 aliphatic heterocycles. The molecule has 1 heterocycles. The maximum atomic E-state index is 11.5. The number of rotatable bonds is 7. The summed E-state index contributed by atoms with van der Waals surface area (Å²) in [6.07, 6.45) is 2.39. The number of carbonyl (C=O) groups excluding carboxylic acids is 1. The number of hydrogen-bond acceptors (Lipinski definition) is 4. The summed E-state index contributed by atoms with van der Waals surface area (Å²) in [4.78, 5) is 17.4. The maximum absolute atomic E-state index is 11.5. The van der Waals surface area contributed by atoms with Crippen LogP contribution in [0.15, 0.2) is 29.3 Å². The van der Waals surface area contributed by atoms with Crippen molar-refractivity contribution in [2.75, 3.05) is 33.9 Å². The van der Waals surface area contributed by atoms with Crippen LogP contribution in [-0.4, -0.2) is 56.7 Å². The Morgan fingerprint density at radius 1 is 1.50 bits per heavy atom. The molecule has 1 unspecified atom stereocenters. The van der Waals surface area contributed by atoms with E-state index in [-0.39, 0.29) is 18.6 Å². The third-order valence-electron chi connectivity index (χ3n) is 3.73. The molecule has 1 aromatic rings. The Bertz CT molecular complexity index is 569. The molecule has 1 aromatic carbocycles. The lowest BCUT2D eigenvalue weighted by Gasteiger charge is -2.12. The van der Waals surface area contributed by atoms with Crippen molar-refractivity contribution in [2.45, 2.75) is 25.5 Å². The van der Waals surface area contributed by atoms with Crippen molar-refractivity contribution in [2.24, 2.45) is 10.7 Å². The van der Waals surface area contributed by atoms with E-state index in [1.807, 2.05) is 24.3 Å². The molecule has 1 fully saturated rings. The highest BCUT2D eigenvalue weighted by Gasteiger charge is 2.14. The van der Waals surface area contributed by atoms with Crippen molar-refractivity contribution < 1.29 is 14.3 Å². The zero-order valence-electron chi connectivity index (χ0n) is 14.3. The Labute approximate surface area is 142 Å². The molecule has 1 saturated heterocycles. The smallest absolute Gasteiger partial charge is 0.259 e. The lowest BCUT2D eigenvalue weighted by atomic mass is 10.2. The van der Waals surface area contributed by atoms with Crippen molar-refractivity contribution in [3.8, 4) is 5.75 Å². The summed E-state index contributed by atoms with van der Waals surface area (Å²) < 4.78 is 11.0. The summed E-state index contributed by atoms with van der Waals surface area (Å²) in [6.45, 7) is 1.98. The van der Waals surface area contributed by atoms with Crippen LogP contribution in [0.3, 0.4) is 0 Å². The Hall–Kier alpha value is -2.28. The van der Waals surface area contributed by atoms with E-state index in [0.717, 1.165) is 25.0 Å². The molecule has 0 saturated carbocycles. The third kappa shape index (κ3) is 6.08. The van der Waals surface area contributed by atoms with Crippen LogP contribution < -0.4 is 15.8 Å². The topological polar surface area (TPSA) is 89.2 Å². The van der Waals surface area contributed by atoms with Gasteiger partial charge >= 0.3 is 0 Å². The van der Waals surface area contributed by atoms with Crippen LogP contribution in [0, 0.1) is 0 Å². The molecule has 132 valence electrons. The standard InChI is InChI=1S/C17H26N4O3/c1-21(2)16(22)12-24-14-6-3-5-13(9-14)10-19-17(18)20-11-15-7-4-8-23-15/h3,5-6,9,15H,4,7-8,10-12H2,1-2H3,(H3,18,19,20). The maximum Gasteiger partial charge on any atom is 0.259 e. The van der Waals surface area contributed by atoms with Crippen LogP contribution in [0.5, 0.6) is 5.75 Å². The Morgan fingerprint density at radius 3 is 3.04 bits per heavy atom. The van der Waals surface area contributed by atoms with Crippen LogP contribution in [-0.2, 0) is 16.1 Å². The number of aliphatic imine (C=N–C) groups is 1. The average molecular weight is 334 g/mol. The SMILES string of the molecule is CN(C)C(=O)COc1cccc(CN=C(N)NCC2CCCO2)c1. The molecule has 0 radical (unpaired) electrons. The highest BCUT2D eigenvalue weighted by Crippen LogP contribution is 2.14. The van der Waals surface area contributed by atoms with Gasteiger partial charge in [0.2, 0.25) is 0 Å². The second-order valence-corrected chi connectivity index (χ2v) is 5.94. The van der Waals surface area contributed by atoms with Gasteiger partial charge in [0.15, 0.2) is 12.6 Å². The Balaban J connectivity index is 1.79. The van der Waals surface area contributed by atoms with Gasteiger partial charge in [-0.3, -0.25) is 4.79 Å². The second kappa shape index (κ2) is 9.12. The molecule has 2 rings (SSSR count). The van der Waals surface area contributed by atoms with E-state index in [2.05, 4.69) is 10.3 Å². The fourth-order valence-electron chi connectivity index (χ4n) is 2.26. The first-order valence-electron chi connectivity index (χ1n) is 8.12. The van der Waals surface area contributed by atoms with Gasteiger partial charge in [-0.25, -0.2) is 4.99 Å². The molecule has 0 aromatic heterocycles. The molecule has 1 atom stereocenters. The summed E-state index contributed by atoms with van der Waals surface area (Å²) in [5.74, 6) is 0.962. The van der Waals surface area contributed by atoms with E-state index < -0.39 is 0 Å². The first-order valence-corrected chi connectivity index (χ1v) is 8.12. The van der Waals surface area contributed by atoms with Crippen LogP contribution in [0.2, 0.25) is 0 Å². The van der Waals surface area contributed by atoms with E-state index in [9.17, 15) is 4.79 Å². The zero-order valence-corrected chi connectivity index (χ0v) is 14.3. The number of benzene rings is 1. The fourth-order valence-corrected chi connectivity index (χ4v) is 2.26. The van der Waals surface area contributed by atoms with E-state index >= 15 is 0 Å². The first kappa shape index (κ1) is 18.1. The molecule has 1 amide bonds. The Kier molecular flexibility index (Phi) is 6.87. The number of carbonyl (C=O) groups is 1. The number of amides is 1. The number of likely N-dealkylation sites (N-methyl/N-ethyl adjacent to an activating group) is 1. The number of nitrogens with zero attached hydrogens (tertiary/aromatic N) is 2. The minimum atomic E-state index is -0.0824. The van der Waals surface area contributed by atoms with E-state index in [1.54, 1.807) is 14.1 Å². The summed E-state index contributed by atoms with van der Waals surface area (Å²) in [5, 5.41) is 3.08. The van der Waals surface area contributed by atoms with Gasteiger partial charge in [0.1, 0.15) is 5.75 Å². The fraction of sp³-hybridized carbons (Fsp3) is 0.529. The summed E-state index contributed by atoms with van der Waals surface area (Å²) in [5.41, 5.74) is 6.84. The van der Waals surface area contributed by atoms with Gasteiger partial charge in [-0.15, -0.1) is 0 Å². The van der Waals surface area contributed by atoms with Gasteiger partial charge in [-0.05, 0) is 30.5 Å². The molecule has 1 aliphatic rings. The second-order valence-electron chi connectivity index (χ2n) is 5.94. The Morgan fingerprint density at radius 2 is 2.33 bits per heavy atom. The van der Waals surface area contributed by atoms with E-state index in [4.69, 9.17) is 15.2 Å². The monoisotopic (exact) mass is 334 g/mol. The minimum Gasteiger partial charge on any atom is -0.484 e. The highest BCUT2D eigenvalue weighted by atomic mass is 16.5. The molecular weight excluding hydrogens is 308 g/mol. The number of guanidine groups is 1. The highest BCUT2D eigenvalue weighted by molar-refractivity contribution is 5.78. The predicted octanol–water partition coefficient (Wildman–Crippen LogP) is 0.737. The lowest BCUT2D eigenvalue weighted by molar-refractivity contribution is -0.130. The van der Waals surface area contributed by atoms with Crippen molar-refractivity contribution >= 4 is 11.9 Å². The molecule has 7 heteroatoms. The number of nitrogens with one attached hydrogen (secondary N) is 1. The zero-order chi connectivity index (χ0) is 17.4. The predicted molar refractivity (Wildman–Crippen MR) is 92.9 cm³/mol. The van der Waals surface area contributed by atoms with E-state index in [0.29, 0.717) is 24.8 Å². The molecular formula is C17H26N4O3. The number of ether oxygens (including phenoxy) is 2. The number of hydrogen-bond donors (Lipinski definition) is 2. The average Bonchev–Trinajstić information content (AvgIpc) is 3.09. The van der Waals surface area contributed by atoms with Crippen molar-refractivity contribution in [3.05, 3.63) is 29.8 Å². The van der Waals surface area contributed by atoms with Gasteiger partial charge in [0, 0.05) is 27.2 Å². The summed E-state index contributed by atoms with van der Waals surface area (Å²) in [6, 6.07) is 7.49. The van der Waals surface area contributed by atoms with Crippen LogP contribution in [0.1, 0.15) is 18.4 Å². The van der Waals surface area contributed by atoms with Crippen molar-refractivity contribution in [1.82, 2.24) is 10.2 Å². The first-order chi connectivity index (χ1) is 11.5. The number of nitrogens with two attached hydrogens (primary N) is 1. The van der Waals surface area contributed by atoms with Gasteiger partial charge in [0.05, 0.1) is 12.6 Å². The molecule has 0 spiro atoms. The van der Waals surface area contributed by atoms with Crippen LogP contribution in [0.25, 0.3) is 0 Å². The largest absolute Gasteiger partial charge is 0.484 e. The molecule has 7 nitrogen and oxygen atoms in total. The third-order valence-corrected chi connectivity index (χ3v) is 3.73. The molecule has 0 aliphatic carbocycles. The van der Waals surface area contributed by atoms with Gasteiger partial charge in [0.25, 0.3) is 5.91 Å². The van der Waals surface area contributed by atoms with Gasteiger partial charge in [-0.1, -0.05) is 12.1 Å². The summed E-state index contributed by atoms with van der Waals surface area (Å²) >= 11 is 0. The van der Waals surface area contributed by atoms with Crippen molar-refractivity contribution in [1.29, 1.82) is 0 Å². The quantitative estimate of drug-likeness (QED) is 0.567. The van der Waals surface area contributed by atoms with Gasteiger partial charge in [-0.2, -0.15) is 0 Å². The van der Waals surface area contributed by atoms with Crippen molar-refractivity contribution in [3.63, 3.8) is 0 Å².